The first-order chi connectivity index (χ1) is 34.9. The van der Waals surface area contributed by atoms with Gasteiger partial charge in [-0.25, -0.2) is 9.78 Å². The van der Waals surface area contributed by atoms with Gasteiger partial charge in [0, 0.05) is 43.4 Å². The number of nitrogens with two attached hydrogens (primary N) is 1. The van der Waals surface area contributed by atoms with Gasteiger partial charge >= 0.3 is 5.97 Å². The average molecular weight is 997 g/mol. The fourth-order valence-electron chi connectivity index (χ4n) is 8.86. The van der Waals surface area contributed by atoms with Crippen molar-refractivity contribution in [2.45, 2.75) is 114 Å². The molecular weight excluding hydrogens is 930 g/mol. The molecule has 14 nitrogen and oxygen atoms in total. The van der Waals surface area contributed by atoms with Gasteiger partial charge in [-0.1, -0.05) is 159 Å². The molecule has 4 amide bonds. The summed E-state index contributed by atoms with van der Waals surface area (Å²) in [5.74, 6) is -3.42. The maximum atomic E-state index is 14.5. The summed E-state index contributed by atoms with van der Waals surface area (Å²) in [5, 5.41) is 31.6. The highest BCUT2D eigenvalue weighted by atomic mass is 35.5. The second kappa shape index (κ2) is 27.4. The van der Waals surface area contributed by atoms with Gasteiger partial charge in [-0.3, -0.25) is 19.2 Å². The first-order valence-corrected chi connectivity index (χ1v) is 25.1. The third-order valence-electron chi connectivity index (χ3n) is 12.7. The molecule has 378 valence electrons. The van der Waals surface area contributed by atoms with E-state index in [1.807, 2.05) is 65.4 Å². The van der Waals surface area contributed by atoms with E-state index >= 15 is 0 Å². The van der Waals surface area contributed by atoms with E-state index in [2.05, 4.69) is 64.6 Å². The minimum Gasteiger partial charge on any atom is -0.508 e. The van der Waals surface area contributed by atoms with E-state index in [0.717, 1.165) is 48.8 Å². The van der Waals surface area contributed by atoms with Crippen LogP contribution in [0.2, 0.25) is 5.02 Å². The van der Waals surface area contributed by atoms with Crippen LogP contribution in [-0.4, -0.2) is 80.1 Å². The summed E-state index contributed by atoms with van der Waals surface area (Å²) in [6, 6.07) is 37.9. The Kier molecular flexibility index (Phi) is 20.5. The third kappa shape index (κ3) is 15.4. The molecule has 1 heterocycles. The Morgan fingerprint density at radius 1 is 0.625 bits per heavy atom. The molecule has 8 N–H and O–H groups in total. The summed E-state index contributed by atoms with van der Waals surface area (Å²) in [6.45, 7) is 2.51. The van der Waals surface area contributed by atoms with Crippen molar-refractivity contribution in [2.75, 3.05) is 6.54 Å². The minimum atomic E-state index is -1.38. The van der Waals surface area contributed by atoms with E-state index in [-0.39, 0.29) is 37.3 Å². The number of carbonyl (C=O) groups excluding carboxylic acids is 4. The standard InChI is InChI=1S/C57H66ClN7O7/c1-2-3-4-5-15-25-52(67)60-34-17-16-24-49(54(69)63-50(35-40-26-30-45(58)31-27-40)55(70)64-51(56(71)72)36-41-28-32-47(66)33-29-41)62-53(68)48(59)37-46-38-65(39-61-46)57(42-18-9-6-10-19-42,43-20-11-7-12-21-43)44-22-13-8-14-23-44/h6-14,18-23,26-33,38-39,48-51,66H,2-5,15-17,24-25,34-37,59H2,1H3,(H,60,67)(H,62,68)(H,63,69)(H,64,70)(H,71,72). The van der Waals surface area contributed by atoms with Crippen LogP contribution in [0.15, 0.2) is 152 Å². The number of nitrogens with zero attached hydrogens (tertiary/aromatic N) is 2. The van der Waals surface area contributed by atoms with Crippen LogP contribution < -0.4 is 27.0 Å². The second-order valence-corrected chi connectivity index (χ2v) is 18.6. The Morgan fingerprint density at radius 2 is 1.14 bits per heavy atom. The van der Waals surface area contributed by atoms with Gasteiger partial charge in [-0.2, -0.15) is 0 Å². The average Bonchev–Trinajstić information content (AvgIpc) is 3.85. The molecule has 6 aromatic rings. The van der Waals surface area contributed by atoms with E-state index in [1.165, 1.54) is 12.1 Å². The van der Waals surface area contributed by atoms with Crippen LogP contribution in [0.4, 0.5) is 0 Å². The summed E-state index contributed by atoms with van der Waals surface area (Å²) in [5.41, 5.74) is 10.5. The fraction of sp³-hybridized carbons (Fsp3) is 0.333. The zero-order valence-electron chi connectivity index (χ0n) is 40.7. The number of aliphatic carboxylic acids is 1. The highest BCUT2D eigenvalue weighted by Crippen LogP contribution is 2.40. The molecule has 0 spiro atoms. The summed E-state index contributed by atoms with van der Waals surface area (Å²) in [7, 11) is 0. The first kappa shape index (κ1) is 54.1. The molecule has 0 bridgehead atoms. The number of carboxylic acids is 1. The molecule has 6 rings (SSSR count). The Labute approximate surface area is 426 Å². The lowest BCUT2D eigenvalue weighted by Gasteiger charge is -2.37. The largest absolute Gasteiger partial charge is 0.508 e. The summed E-state index contributed by atoms with van der Waals surface area (Å²) in [6.07, 6.45) is 10.1. The van der Waals surface area contributed by atoms with Gasteiger partial charge in [0.15, 0.2) is 0 Å². The summed E-state index contributed by atoms with van der Waals surface area (Å²) >= 11 is 6.17. The smallest absolute Gasteiger partial charge is 0.326 e. The van der Waals surface area contributed by atoms with Crippen LogP contribution in [0.25, 0.3) is 0 Å². The van der Waals surface area contributed by atoms with Crippen LogP contribution >= 0.6 is 11.6 Å². The molecule has 0 radical (unpaired) electrons. The molecule has 0 aliphatic carbocycles. The number of nitrogens with one attached hydrogen (secondary N) is 4. The number of aromatic nitrogens is 2. The molecule has 4 unspecified atom stereocenters. The van der Waals surface area contributed by atoms with E-state index in [4.69, 9.17) is 22.3 Å². The monoisotopic (exact) mass is 995 g/mol. The van der Waals surface area contributed by atoms with Gasteiger partial charge in [-0.05, 0) is 77.8 Å². The molecule has 0 aliphatic heterocycles. The third-order valence-corrected chi connectivity index (χ3v) is 13.0. The van der Waals surface area contributed by atoms with Crippen molar-refractivity contribution in [3.8, 4) is 5.75 Å². The Bertz CT molecular complexity index is 2550. The van der Waals surface area contributed by atoms with Gasteiger partial charge in [0.2, 0.25) is 23.6 Å². The Morgan fingerprint density at radius 3 is 1.71 bits per heavy atom. The predicted octanol–water partition coefficient (Wildman–Crippen LogP) is 7.62. The van der Waals surface area contributed by atoms with Crippen molar-refractivity contribution in [1.29, 1.82) is 0 Å². The van der Waals surface area contributed by atoms with Gasteiger partial charge in [0.05, 0.1) is 18.1 Å². The second-order valence-electron chi connectivity index (χ2n) is 18.1. The van der Waals surface area contributed by atoms with Crippen LogP contribution in [0.1, 0.15) is 98.2 Å². The van der Waals surface area contributed by atoms with Gasteiger partial charge in [0.25, 0.3) is 0 Å². The summed E-state index contributed by atoms with van der Waals surface area (Å²) < 4.78 is 2.03. The van der Waals surface area contributed by atoms with Gasteiger partial charge in [0.1, 0.15) is 29.4 Å². The number of imidazole rings is 1. The molecule has 4 atom stereocenters. The molecular formula is C57H66ClN7O7. The predicted molar refractivity (Wildman–Crippen MR) is 279 cm³/mol. The number of unbranched alkanes of at least 4 members (excludes halogenated alkanes) is 5. The van der Waals surface area contributed by atoms with Crippen LogP contribution in [0.5, 0.6) is 5.75 Å². The lowest BCUT2D eigenvalue weighted by Crippen LogP contribution is -2.58. The van der Waals surface area contributed by atoms with E-state index in [9.17, 15) is 34.2 Å². The zero-order valence-corrected chi connectivity index (χ0v) is 41.5. The van der Waals surface area contributed by atoms with E-state index < -0.39 is 53.4 Å². The lowest BCUT2D eigenvalue weighted by atomic mass is 9.77. The Balaban J connectivity index is 1.21. The maximum Gasteiger partial charge on any atom is 0.326 e. The number of aromatic hydroxyl groups is 1. The fourth-order valence-corrected chi connectivity index (χ4v) is 8.99. The van der Waals surface area contributed by atoms with Crippen molar-refractivity contribution >= 4 is 41.2 Å². The lowest BCUT2D eigenvalue weighted by molar-refractivity contribution is -0.142. The number of phenolic OH excluding ortho intramolecular Hbond substituents is 1. The van der Waals surface area contributed by atoms with Crippen molar-refractivity contribution in [1.82, 2.24) is 30.8 Å². The molecule has 0 aliphatic rings. The number of rotatable bonds is 28. The van der Waals surface area contributed by atoms with Crippen LogP contribution in [0, 0.1) is 0 Å². The van der Waals surface area contributed by atoms with Crippen molar-refractivity contribution in [3.05, 3.63) is 191 Å². The molecule has 0 saturated heterocycles. The molecule has 5 aromatic carbocycles. The highest BCUT2D eigenvalue weighted by molar-refractivity contribution is 6.30. The van der Waals surface area contributed by atoms with Gasteiger partial charge in [-0.15, -0.1) is 0 Å². The number of hydrogen-bond acceptors (Lipinski definition) is 8. The number of phenols is 1. The molecule has 15 heteroatoms. The van der Waals surface area contributed by atoms with Gasteiger partial charge < -0.3 is 41.8 Å². The van der Waals surface area contributed by atoms with Crippen molar-refractivity contribution in [2.24, 2.45) is 5.73 Å². The number of carbonyl (C=O) groups is 5. The maximum absolute atomic E-state index is 14.5. The molecule has 0 fully saturated rings. The highest BCUT2D eigenvalue weighted by Gasteiger charge is 2.39. The van der Waals surface area contributed by atoms with Crippen LogP contribution in [-0.2, 0) is 48.8 Å². The van der Waals surface area contributed by atoms with Crippen molar-refractivity contribution in [3.63, 3.8) is 0 Å². The van der Waals surface area contributed by atoms with Crippen molar-refractivity contribution < 1.29 is 34.2 Å². The minimum absolute atomic E-state index is 0.00394. The summed E-state index contributed by atoms with van der Waals surface area (Å²) in [4.78, 5) is 72.5. The van der Waals surface area contributed by atoms with E-state index in [1.54, 1.807) is 42.7 Å². The van der Waals surface area contributed by atoms with Crippen LogP contribution in [0.3, 0.4) is 0 Å². The molecule has 1 aromatic heterocycles. The SMILES string of the molecule is CCCCCCCC(=O)NCCCCC(NC(=O)C(N)Cc1cn(C(c2ccccc2)(c2ccccc2)c2ccccc2)cn1)C(=O)NC(Cc1ccc(Cl)cc1)C(=O)NC(Cc1ccc(O)cc1)C(=O)O. The molecule has 0 saturated carbocycles. The normalized spacial score (nSPS) is 13.0. The topological polar surface area (TPSA) is 218 Å². The number of hydrogen-bond donors (Lipinski definition) is 7. The van der Waals surface area contributed by atoms with E-state index in [0.29, 0.717) is 47.7 Å². The number of halogens is 1. The quantitative estimate of drug-likeness (QED) is 0.0190. The molecule has 72 heavy (non-hydrogen) atoms. The number of carboxylic acid groups (broad SMARTS) is 1. The first-order valence-electron chi connectivity index (χ1n) is 24.8. The zero-order chi connectivity index (χ0) is 51.3. The number of amides is 4. The Hall–Kier alpha value is -7.29. The number of benzene rings is 5.